The number of aryl methyl sites for hydroxylation is 1. The number of piperazine rings is 1. The van der Waals surface area contributed by atoms with Crippen molar-refractivity contribution in [1.82, 2.24) is 15.5 Å². The Bertz CT molecular complexity index is 974. The van der Waals surface area contributed by atoms with Crippen molar-refractivity contribution < 1.29 is 19.5 Å². The predicted molar refractivity (Wildman–Crippen MR) is 116 cm³/mol. The second kappa shape index (κ2) is 8.67. The number of nitrogens with one attached hydrogen (secondary N) is 3. The highest BCUT2D eigenvalue weighted by Crippen LogP contribution is 2.24. The van der Waals surface area contributed by atoms with E-state index < -0.39 is 12.1 Å². The molecule has 2 fully saturated rings. The molecule has 162 valence electrons. The number of aromatic hydroxyl groups is 1. The standard InChI is InChI=1S/C23H26N4O4/c1-2-14-3-7-16(8-4-14)24-23(31)25-17-12-20-21(29)26-19(22(30)27(20)13-17)11-15-5-9-18(28)10-6-15/h3-10,17,19-20,28H,2,11-13H2,1H3,(H,26,29)(H2,24,25,31)/t17-,19+,20-/m0/s1. The number of nitrogens with zero attached hydrogens (tertiary/aromatic N) is 1. The molecule has 2 aliphatic rings. The van der Waals surface area contributed by atoms with Crippen LogP contribution in [-0.4, -0.2) is 52.5 Å². The molecule has 0 saturated carbocycles. The number of carbonyl (C=O) groups is 3. The van der Waals surface area contributed by atoms with Crippen LogP contribution in [0.25, 0.3) is 0 Å². The molecule has 2 saturated heterocycles. The maximum absolute atomic E-state index is 12.9. The fourth-order valence-electron chi connectivity index (χ4n) is 4.14. The zero-order chi connectivity index (χ0) is 22.0. The van der Waals surface area contributed by atoms with Gasteiger partial charge in [0.15, 0.2) is 0 Å². The van der Waals surface area contributed by atoms with Crippen molar-refractivity contribution in [3.8, 4) is 5.75 Å². The third kappa shape index (κ3) is 4.63. The number of hydrogen-bond donors (Lipinski definition) is 4. The van der Waals surface area contributed by atoms with Gasteiger partial charge in [-0.25, -0.2) is 4.79 Å². The van der Waals surface area contributed by atoms with Gasteiger partial charge in [-0.1, -0.05) is 31.2 Å². The van der Waals surface area contributed by atoms with Gasteiger partial charge in [0, 0.05) is 18.7 Å². The number of rotatable bonds is 5. The molecule has 8 nitrogen and oxygen atoms in total. The van der Waals surface area contributed by atoms with Crippen LogP contribution in [0.15, 0.2) is 48.5 Å². The number of benzene rings is 2. The Hall–Kier alpha value is -3.55. The molecule has 4 rings (SSSR count). The Balaban J connectivity index is 1.35. The van der Waals surface area contributed by atoms with Crippen molar-refractivity contribution in [3.05, 3.63) is 59.7 Å². The number of phenolic OH excluding ortho intramolecular Hbond substituents is 1. The largest absolute Gasteiger partial charge is 0.508 e. The van der Waals surface area contributed by atoms with E-state index >= 15 is 0 Å². The Labute approximate surface area is 180 Å². The lowest BCUT2D eigenvalue weighted by Crippen LogP contribution is -2.61. The Morgan fingerprint density at radius 3 is 2.45 bits per heavy atom. The normalized spacial score (nSPS) is 22.6. The summed E-state index contributed by atoms with van der Waals surface area (Å²) in [7, 11) is 0. The second-order valence-electron chi connectivity index (χ2n) is 8.02. The maximum atomic E-state index is 12.9. The monoisotopic (exact) mass is 422 g/mol. The van der Waals surface area contributed by atoms with Crippen molar-refractivity contribution in [3.63, 3.8) is 0 Å². The number of phenols is 1. The smallest absolute Gasteiger partial charge is 0.319 e. The van der Waals surface area contributed by atoms with Gasteiger partial charge >= 0.3 is 6.03 Å². The molecule has 2 aliphatic heterocycles. The van der Waals surface area contributed by atoms with E-state index in [1.54, 1.807) is 29.2 Å². The molecule has 0 spiro atoms. The zero-order valence-electron chi connectivity index (χ0n) is 17.3. The molecule has 2 aromatic carbocycles. The first-order valence-corrected chi connectivity index (χ1v) is 10.5. The van der Waals surface area contributed by atoms with Crippen molar-refractivity contribution >= 4 is 23.5 Å². The van der Waals surface area contributed by atoms with E-state index in [1.165, 1.54) is 5.56 Å². The predicted octanol–water partition coefficient (Wildman–Crippen LogP) is 1.79. The van der Waals surface area contributed by atoms with Gasteiger partial charge in [-0.2, -0.15) is 0 Å². The summed E-state index contributed by atoms with van der Waals surface area (Å²) in [5, 5.41) is 17.9. The topological polar surface area (TPSA) is 111 Å². The van der Waals surface area contributed by atoms with Crippen molar-refractivity contribution in [2.24, 2.45) is 0 Å². The van der Waals surface area contributed by atoms with E-state index in [2.05, 4.69) is 22.9 Å². The molecule has 2 heterocycles. The lowest BCUT2D eigenvalue weighted by molar-refractivity contribution is -0.147. The van der Waals surface area contributed by atoms with E-state index in [0.717, 1.165) is 12.0 Å². The first-order chi connectivity index (χ1) is 14.9. The van der Waals surface area contributed by atoms with E-state index in [0.29, 0.717) is 25.1 Å². The van der Waals surface area contributed by atoms with Crippen LogP contribution in [-0.2, 0) is 22.4 Å². The summed E-state index contributed by atoms with van der Waals surface area (Å²) < 4.78 is 0. The quantitative estimate of drug-likeness (QED) is 0.589. The molecule has 3 atom stereocenters. The number of hydrogen-bond acceptors (Lipinski definition) is 4. The highest BCUT2D eigenvalue weighted by molar-refractivity contribution is 5.98. The molecule has 4 amide bonds. The zero-order valence-corrected chi connectivity index (χ0v) is 17.3. The first-order valence-electron chi connectivity index (χ1n) is 10.5. The summed E-state index contributed by atoms with van der Waals surface area (Å²) in [6.07, 6.45) is 1.65. The van der Waals surface area contributed by atoms with Gasteiger partial charge in [0.1, 0.15) is 17.8 Å². The van der Waals surface area contributed by atoms with Crippen LogP contribution in [0.4, 0.5) is 10.5 Å². The average molecular weight is 422 g/mol. The second-order valence-corrected chi connectivity index (χ2v) is 8.02. The van der Waals surface area contributed by atoms with Crippen LogP contribution in [0.1, 0.15) is 24.5 Å². The van der Waals surface area contributed by atoms with Crippen LogP contribution in [0, 0.1) is 0 Å². The molecule has 0 aromatic heterocycles. The molecule has 0 aliphatic carbocycles. The highest BCUT2D eigenvalue weighted by Gasteiger charge is 2.46. The number of fused-ring (bicyclic) bond motifs is 1. The van der Waals surface area contributed by atoms with Gasteiger partial charge in [-0.3, -0.25) is 9.59 Å². The maximum Gasteiger partial charge on any atom is 0.319 e. The lowest BCUT2D eigenvalue weighted by Gasteiger charge is -2.34. The Kier molecular flexibility index (Phi) is 5.79. The molecular weight excluding hydrogens is 396 g/mol. The minimum Gasteiger partial charge on any atom is -0.508 e. The van der Waals surface area contributed by atoms with Crippen LogP contribution < -0.4 is 16.0 Å². The number of amides is 4. The number of urea groups is 1. The molecule has 2 aromatic rings. The third-order valence-electron chi connectivity index (χ3n) is 5.83. The van der Waals surface area contributed by atoms with Crippen LogP contribution in [0.5, 0.6) is 5.75 Å². The SMILES string of the molecule is CCc1ccc(NC(=O)N[C@H]2C[C@H]3C(=O)N[C@H](Cc4ccc(O)cc4)C(=O)N3C2)cc1. The van der Waals surface area contributed by atoms with Gasteiger partial charge in [-0.15, -0.1) is 0 Å². The molecule has 4 N–H and O–H groups in total. The van der Waals surface area contributed by atoms with Crippen LogP contribution in [0.2, 0.25) is 0 Å². The molecule has 8 heteroatoms. The van der Waals surface area contributed by atoms with Crippen LogP contribution in [0.3, 0.4) is 0 Å². The van der Waals surface area contributed by atoms with E-state index in [9.17, 15) is 19.5 Å². The van der Waals surface area contributed by atoms with Crippen molar-refractivity contribution in [1.29, 1.82) is 0 Å². The van der Waals surface area contributed by atoms with Crippen molar-refractivity contribution in [2.75, 3.05) is 11.9 Å². The first kappa shape index (κ1) is 20.7. The molecule has 0 unspecified atom stereocenters. The summed E-state index contributed by atoms with van der Waals surface area (Å²) >= 11 is 0. The average Bonchev–Trinajstić information content (AvgIpc) is 3.18. The summed E-state index contributed by atoms with van der Waals surface area (Å²) in [6.45, 7) is 2.36. The third-order valence-corrected chi connectivity index (χ3v) is 5.83. The summed E-state index contributed by atoms with van der Waals surface area (Å²) in [4.78, 5) is 39.5. The summed E-state index contributed by atoms with van der Waals surface area (Å²) in [6, 6.07) is 12.3. The van der Waals surface area contributed by atoms with Gasteiger partial charge < -0.3 is 26.0 Å². The molecule has 0 radical (unpaired) electrons. The van der Waals surface area contributed by atoms with Crippen LogP contribution >= 0.6 is 0 Å². The van der Waals surface area contributed by atoms with Gasteiger partial charge in [0.2, 0.25) is 11.8 Å². The van der Waals surface area contributed by atoms with Gasteiger partial charge in [-0.05, 0) is 48.2 Å². The summed E-state index contributed by atoms with van der Waals surface area (Å²) in [5.74, 6) is -0.211. The lowest BCUT2D eigenvalue weighted by atomic mass is 10.0. The van der Waals surface area contributed by atoms with Gasteiger partial charge in [0.05, 0.1) is 6.04 Å². The molecule has 0 bridgehead atoms. The number of carbonyl (C=O) groups excluding carboxylic acids is 3. The van der Waals surface area contributed by atoms with E-state index in [1.807, 2.05) is 24.3 Å². The Morgan fingerprint density at radius 2 is 1.77 bits per heavy atom. The highest BCUT2D eigenvalue weighted by atomic mass is 16.3. The fraction of sp³-hybridized carbons (Fsp3) is 0.348. The van der Waals surface area contributed by atoms with Crippen molar-refractivity contribution in [2.45, 2.75) is 44.3 Å². The summed E-state index contributed by atoms with van der Waals surface area (Å²) in [5.41, 5.74) is 2.72. The minimum absolute atomic E-state index is 0.149. The van der Waals surface area contributed by atoms with E-state index in [-0.39, 0.29) is 29.6 Å². The van der Waals surface area contributed by atoms with E-state index in [4.69, 9.17) is 0 Å². The minimum atomic E-state index is -0.655. The number of anilines is 1. The Morgan fingerprint density at radius 1 is 1.10 bits per heavy atom. The fourth-order valence-corrected chi connectivity index (χ4v) is 4.14. The van der Waals surface area contributed by atoms with Gasteiger partial charge in [0.25, 0.3) is 0 Å². The molecular formula is C23H26N4O4. The molecule has 31 heavy (non-hydrogen) atoms.